The zero-order valence-corrected chi connectivity index (χ0v) is 22.9. The third-order valence-corrected chi connectivity index (χ3v) is 7.27. The molecule has 0 saturated carbocycles. The van der Waals surface area contributed by atoms with Gasteiger partial charge in [-0.15, -0.1) is 0 Å². The first-order valence-corrected chi connectivity index (χ1v) is 14.4. The number of hydrogen-bond acceptors (Lipinski definition) is 4. The number of amides is 2. The van der Waals surface area contributed by atoms with E-state index in [4.69, 9.17) is 11.6 Å². The fourth-order valence-corrected chi connectivity index (χ4v) is 5.00. The van der Waals surface area contributed by atoms with E-state index in [0.29, 0.717) is 18.0 Å². The number of carbonyl (C=O) groups excluding carboxylic acids is 2. The monoisotopic (exact) mass is 559 g/mol. The van der Waals surface area contributed by atoms with Gasteiger partial charge in [-0.05, 0) is 36.2 Å². The van der Waals surface area contributed by atoms with Gasteiger partial charge in [-0.25, -0.2) is 12.8 Å². The molecule has 3 aromatic rings. The van der Waals surface area contributed by atoms with Crippen LogP contribution in [0.2, 0.25) is 5.02 Å². The molecular formula is C28H31ClFN3O4S. The lowest BCUT2D eigenvalue weighted by atomic mass is 10.0. The molecule has 0 aliphatic rings. The van der Waals surface area contributed by atoms with Crippen molar-refractivity contribution in [1.29, 1.82) is 0 Å². The molecule has 0 saturated heterocycles. The SMILES string of the molecule is CCCNC(=O)[C@H](Cc1ccccc1)N(Cc1ccccc1F)C(=O)CN(c1cccc(Cl)c1)S(C)(=O)=O. The third kappa shape index (κ3) is 8.03. The molecule has 0 spiro atoms. The van der Waals surface area contributed by atoms with Gasteiger partial charge in [0.15, 0.2) is 0 Å². The van der Waals surface area contributed by atoms with E-state index in [1.54, 1.807) is 18.2 Å². The molecule has 1 N–H and O–H groups in total. The van der Waals surface area contributed by atoms with E-state index >= 15 is 0 Å². The average molecular weight is 560 g/mol. The maximum absolute atomic E-state index is 14.7. The molecular weight excluding hydrogens is 529 g/mol. The fourth-order valence-electron chi connectivity index (χ4n) is 3.98. The Hall–Kier alpha value is -3.43. The normalized spacial score (nSPS) is 12.0. The van der Waals surface area contributed by atoms with E-state index in [1.807, 2.05) is 37.3 Å². The minimum absolute atomic E-state index is 0.159. The highest BCUT2D eigenvalue weighted by atomic mass is 35.5. The molecule has 0 fully saturated rings. The number of nitrogens with zero attached hydrogens (tertiary/aromatic N) is 2. The van der Waals surface area contributed by atoms with Crippen LogP contribution in [-0.4, -0.2) is 50.5 Å². The van der Waals surface area contributed by atoms with Crippen LogP contribution in [0.3, 0.4) is 0 Å². The molecule has 1 atom stereocenters. The van der Waals surface area contributed by atoms with Crippen LogP contribution in [-0.2, 0) is 32.6 Å². The third-order valence-electron chi connectivity index (χ3n) is 5.89. The standard InChI is InChI=1S/C28H31ClFN3O4S/c1-3-16-31-28(35)26(17-21-10-5-4-6-11-21)32(19-22-12-7-8-15-25(22)30)27(34)20-33(38(2,36)37)24-14-9-13-23(29)18-24/h4-15,18,26H,3,16-17,19-20H2,1-2H3,(H,31,35)/t26-/m0/s1. The quantitative estimate of drug-likeness (QED) is 0.356. The second kappa shape index (κ2) is 13.4. The maximum atomic E-state index is 14.7. The minimum atomic E-state index is -3.91. The smallest absolute Gasteiger partial charge is 0.244 e. The van der Waals surface area contributed by atoms with Gasteiger partial charge in [-0.2, -0.15) is 0 Å². The zero-order valence-electron chi connectivity index (χ0n) is 21.3. The summed E-state index contributed by atoms with van der Waals surface area (Å²) in [4.78, 5) is 28.5. The van der Waals surface area contributed by atoms with Crippen LogP contribution in [0.15, 0.2) is 78.9 Å². The summed E-state index contributed by atoms with van der Waals surface area (Å²) in [6.45, 7) is 1.48. The summed E-state index contributed by atoms with van der Waals surface area (Å²) in [6.07, 6.45) is 1.83. The number of nitrogens with one attached hydrogen (secondary N) is 1. The van der Waals surface area contributed by atoms with Gasteiger partial charge < -0.3 is 10.2 Å². The Labute approximate surface area is 228 Å². The summed E-state index contributed by atoms with van der Waals surface area (Å²) in [6, 6.07) is 20.2. The number of benzene rings is 3. The van der Waals surface area contributed by atoms with E-state index in [9.17, 15) is 22.4 Å². The van der Waals surface area contributed by atoms with Crippen molar-refractivity contribution in [3.8, 4) is 0 Å². The topological polar surface area (TPSA) is 86.8 Å². The number of halogens is 2. The molecule has 202 valence electrons. The van der Waals surface area contributed by atoms with Gasteiger partial charge in [-0.1, -0.05) is 73.1 Å². The van der Waals surface area contributed by atoms with Gasteiger partial charge in [-0.3, -0.25) is 13.9 Å². The zero-order chi connectivity index (χ0) is 27.7. The first-order chi connectivity index (χ1) is 18.1. The number of rotatable bonds is 12. The van der Waals surface area contributed by atoms with Crippen molar-refractivity contribution in [3.05, 3.63) is 101 Å². The summed E-state index contributed by atoms with van der Waals surface area (Å²) < 4.78 is 41.1. The van der Waals surface area contributed by atoms with Gasteiger partial charge in [0.1, 0.15) is 18.4 Å². The van der Waals surface area contributed by atoms with Crippen molar-refractivity contribution < 1.29 is 22.4 Å². The summed E-state index contributed by atoms with van der Waals surface area (Å²) in [5, 5.41) is 3.13. The molecule has 0 aliphatic heterocycles. The Morgan fingerprint density at radius 1 is 1.00 bits per heavy atom. The van der Waals surface area contributed by atoms with Crippen molar-refractivity contribution in [2.75, 3.05) is 23.7 Å². The van der Waals surface area contributed by atoms with Crippen molar-refractivity contribution in [2.24, 2.45) is 0 Å². The van der Waals surface area contributed by atoms with Crippen LogP contribution in [0.25, 0.3) is 0 Å². The molecule has 0 radical (unpaired) electrons. The highest BCUT2D eigenvalue weighted by Gasteiger charge is 2.33. The lowest BCUT2D eigenvalue weighted by Crippen LogP contribution is -2.53. The second-order valence-electron chi connectivity index (χ2n) is 8.86. The largest absolute Gasteiger partial charge is 0.354 e. The molecule has 0 bridgehead atoms. The van der Waals surface area contributed by atoms with E-state index in [1.165, 1.54) is 35.2 Å². The van der Waals surface area contributed by atoms with Gasteiger partial charge >= 0.3 is 0 Å². The van der Waals surface area contributed by atoms with E-state index < -0.39 is 40.2 Å². The first kappa shape index (κ1) is 29.1. The highest BCUT2D eigenvalue weighted by Crippen LogP contribution is 2.23. The molecule has 10 heteroatoms. The average Bonchev–Trinajstić information content (AvgIpc) is 2.88. The van der Waals surface area contributed by atoms with Crippen LogP contribution >= 0.6 is 11.6 Å². The van der Waals surface area contributed by atoms with E-state index in [0.717, 1.165) is 16.1 Å². The van der Waals surface area contributed by atoms with Gasteiger partial charge in [0.05, 0.1) is 11.9 Å². The Morgan fingerprint density at radius 3 is 2.32 bits per heavy atom. The lowest BCUT2D eigenvalue weighted by Gasteiger charge is -2.33. The Balaban J connectivity index is 2.05. The van der Waals surface area contributed by atoms with Crippen LogP contribution in [0.5, 0.6) is 0 Å². The van der Waals surface area contributed by atoms with Gasteiger partial charge in [0.2, 0.25) is 21.8 Å². The number of anilines is 1. The Bertz CT molecular complexity index is 1350. The fraction of sp³-hybridized carbons (Fsp3) is 0.286. The minimum Gasteiger partial charge on any atom is -0.354 e. The maximum Gasteiger partial charge on any atom is 0.244 e. The van der Waals surface area contributed by atoms with Crippen LogP contribution in [0.1, 0.15) is 24.5 Å². The molecule has 7 nitrogen and oxygen atoms in total. The first-order valence-electron chi connectivity index (χ1n) is 12.2. The molecule has 0 aromatic heterocycles. The van der Waals surface area contributed by atoms with Gasteiger partial charge in [0, 0.05) is 30.1 Å². The van der Waals surface area contributed by atoms with Crippen molar-refractivity contribution in [1.82, 2.24) is 10.2 Å². The van der Waals surface area contributed by atoms with Crippen molar-refractivity contribution >= 4 is 39.1 Å². The van der Waals surface area contributed by atoms with Crippen LogP contribution in [0.4, 0.5) is 10.1 Å². The second-order valence-corrected chi connectivity index (χ2v) is 11.2. The van der Waals surface area contributed by atoms with Crippen molar-refractivity contribution in [2.45, 2.75) is 32.4 Å². The molecule has 2 amide bonds. The van der Waals surface area contributed by atoms with Crippen molar-refractivity contribution in [3.63, 3.8) is 0 Å². The molecule has 0 aliphatic carbocycles. The van der Waals surface area contributed by atoms with Crippen LogP contribution in [0, 0.1) is 5.82 Å². The molecule has 0 heterocycles. The van der Waals surface area contributed by atoms with E-state index in [2.05, 4.69) is 5.32 Å². The summed E-state index contributed by atoms with van der Waals surface area (Å²) in [5.74, 6) is -1.60. The summed E-state index contributed by atoms with van der Waals surface area (Å²) in [7, 11) is -3.91. The molecule has 0 unspecified atom stereocenters. The Morgan fingerprint density at radius 2 is 1.68 bits per heavy atom. The number of hydrogen-bond donors (Lipinski definition) is 1. The molecule has 3 rings (SSSR count). The summed E-state index contributed by atoms with van der Waals surface area (Å²) >= 11 is 6.08. The summed E-state index contributed by atoms with van der Waals surface area (Å²) in [5.41, 5.74) is 1.20. The van der Waals surface area contributed by atoms with Crippen LogP contribution < -0.4 is 9.62 Å². The highest BCUT2D eigenvalue weighted by molar-refractivity contribution is 7.92. The molecule has 38 heavy (non-hydrogen) atoms. The predicted octanol–water partition coefficient (Wildman–Crippen LogP) is 4.41. The Kier molecular flexibility index (Phi) is 10.3. The predicted molar refractivity (Wildman–Crippen MR) is 148 cm³/mol. The number of carbonyl (C=O) groups is 2. The molecule has 3 aromatic carbocycles. The number of sulfonamides is 1. The lowest BCUT2D eigenvalue weighted by molar-refractivity contribution is -0.140. The van der Waals surface area contributed by atoms with Gasteiger partial charge in [0.25, 0.3) is 0 Å². The van der Waals surface area contributed by atoms with E-state index in [-0.39, 0.29) is 24.2 Å².